The van der Waals surface area contributed by atoms with Crippen LogP contribution in [0.5, 0.6) is 0 Å². The van der Waals surface area contributed by atoms with Crippen LogP contribution in [-0.4, -0.2) is 16.9 Å². The van der Waals surface area contributed by atoms with E-state index in [0.717, 1.165) is 12.2 Å². The van der Waals surface area contributed by atoms with Crippen LogP contribution in [0.15, 0.2) is 18.2 Å². The molecule has 3 N–H and O–H groups in total. The molecule has 5 heteroatoms. The van der Waals surface area contributed by atoms with Crippen LogP contribution in [0.3, 0.4) is 0 Å². The molecule has 0 aromatic heterocycles. The molecule has 17 heavy (non-hydrogen) atoms. The van der Waals surface area contributed by atoms with Gasteiger partial charge in [0, 0.05) is 5.69 Å². The van der Waals surface area contributed by atoms with Gasteiger partial charge in [-0.3, -0.25) is 4.79 Å². The Labute approximate surface area is 105 Å². The van der Waals surface area contributed by atoms with Crippen LogP contribution in [-0.2, 0) is 4.79 Å². The molecule has 0 aliphatic rings. The summed E-state index contributed by atoms with van der Waals surface area (Å²) in [5.41, 5.74) is 6.10. The fraction of sp³-hybridized carbons (Fsp3) is 0.417. The Balaban J connectivity index is 2.64. The smallest absolute Gasteiger partial charge is 0.237 e. The highest BCUT2D eigenvalue weighted by molar-refractivity contribution is 8.00. The molecule has 1 rings (SSSR count). The molecule has 0 aliphatic carbocycles. The van der Waals surface area contributed by atoms with E-state index in [1.807, 2.05) is 0 Å². The maximum absolute atomic E-state index is 13.4. The van der Waals surface area contributed by atoms with Crippen LogP contribution in [0, 0.1) is 5.82 Å². The van der Waals surface area contributed by atoms with Crippen molar-refractivity contribution < 1.29 is 9.18 Å². The molecule has 0 spiro atoms. The predicted molar refractivity (Wildman–Crippen MR) is 71.7 cm³/mol. The fourth-order valence-corrected chi connectivity index (χ4v) is 2.04. The molecule has 0 bridgehead atoms. The maximum atomic E-state index is 13.4. The second-order valence-corrected chi connectivity index (χ2v) is 5.19. The molecule has 0 saturated heterocycles. The summed E-state index contributed by atoms with van der Waals surface area (Å²) in [5, 5.41) is 2.35. The number of hydrogen-bond acceptors (Lipinski definition) is 3. The lowest BCUT2D eigenvalue weighted by molar-refractivity contribution is -0.115. The van der Waals surface area contributed by atoms with Crippen molar-refractivity contribution in [2.45, 2.75) is 25.5 Å². The van der Waals surface area contributed by atoms with Gasteiger partial charge in [0.25, 0.3) is 0 Å². The third kappa shape index (κ3) is 4.26. The molecule has 0 saturated carbocycles. The first-order chi connectivity index (χ1) is 8.04. The molecule has 0 fully saturated rings. The first-order valence-electron chi connectivity index (χ1n) is 5.52. The van der Waals surface area contributed by atoms with Gasteiger partial charge in [-0.1, -0.05) is 6.92 Å². The lowest BCUT2D eigenvalue weighted by Crippen LogP contribution is -2.23. The number of amides is 1. The van der Waals surface area contributed by atoms with Gasteiger partial charge in [-0.05, 0) is 37.3 Å². The summed E-state index contributed by atoms with van der Waals surface area (Å²) >= 11 is 1.55. The van der Waals surface area contributed by atoms with Gasteiger partial charge in [0.15, 0.2) is 0 Å². The van der Waals surface area contributed by atoms with E-state index in [4.69, 9.17) is 5.73 Å². The van der Waals surface area contributed by atoms with E-state index in [2.05, 4.69) is 12.2 Å². The van der Waals surface area contributed by atoms with Crippen LogP contribution >= 0.6 is 11.8 Å². The summed E-state index contributed by atoms with van der Waals surface area (Å²) in [6, 6.07) is 4.12. The normalized spacial score (nSPS) is 12.2. The summed E-state index contributed by atoms with van der Waals surface area (Å²) in [6.07, 6.45) is 1.01. The number of nitrogens with two attached hydrogens (primary N) is 1. The van der Waals surface area contributed by atoms with Crippen LogP contribution in [0.2, 0.25) is 0 Å². The number of halogens is 1. The van der Waals surface area contributed by atoms with Gasteiger partial charge in [-0.25, -0.2) is 4.39 Å². The first-order valence-corrected chi connectivity index (χ1v) is 6.57. The van der Waals surface area contributed by atoms with E-state index in [1.54, 1.807) is 18.7 Å². The highest BCUT2D eigenvalue weighted by Gasteiger charge is 2.14. The average molecular weight is 256 g/mol. The fourth-order valence-electron chi connectivity index (χ4n) is 1.24. The summed E-state index contributed by atoms with van der Waals surface area (Å²) in [6.45, 7) is 3.86. The van der Waals surface area contributed by atoms with Crippen molar-refractivity contribution in [2.24, 2.45) is 0 Å². The summed E-state index contributed by atoms with van der Waals surface area (Å²) in [7, 11) is 0. The van der Waals surface area contributed by atoms with Crippen molar-refractivity contribution >= 4 is 29.0 Å². The largest absolute Gasteiger partial charge is 0.399 e. The minimum atomic E-state index is -0.472. The summed E-state index contributed by atoms with van der Waals surface area (Å²) in [5.74, 6) is 0.238. The highest BCUT2D eigenvalue weighted by Crippen LogP contribution is 2.19. The standard InChI is InChI=1S/C12H17FN2OS/c1-3-6-17-8(2)12(16)15-11-7-9(14)4-5-10(11)13/h4-5,7-8H,3,6,14H2,1-2H3,(H,15,16). The van der Waals surface area contributed by atoms with Crippen molar-refractivity contribution in [3.05, 3.63) is 24.0 Å². The van der Waals surface area contributed by atoms with E-state index in [9.17, 15) is 9.18 Å². The van der Waals surface area contributed by atoms with Gasteiger partial charge in [-0.15, -0.1) is 11.8 Å². The zero-order valence-corrected chi connectivity index (χ0v) is 10.8. The van der Waals surface area contributed by atoms with Crippen molar-refractivity contribution in [3.63, 3.8) is 0 Å². The molecule has 1 aromatic rings. The third-order valence-electron chi connectivity index (χ3n) is 2.19. The molecule has 1 aromatic carbocycles. The topological polar surface area (TPSA) is 55.1 Å². The molecule has 1 unspecified atom stereocenters. The van der Waals surface area contributed by atoms with Gasteiger partial charge in [0.05, 0.1) is 10.9 Å². The number of benzene rings is 1. The van der Waals surface area contributed by atoms with E-state index in [1.165, 1.54) is 18.2 Å². The van der Waals surface area contributed by atoms with Crippen molar-refractivity contribution in [3.8, 4) is 0 Å². The van der Waals surface area contributed by atoms with Gasteiger partial charge >= 0.3 is 0 Å². The maximum Gasteiger partial charge on any atom is 0.237 e. The number of hydrogen-bond donors (Lipinski definition) is 2. The van der Waals surface area contributed by atoms with Crippen molar-refractivity contribution in [2.75, 3.05) is 16.8 Å². The zero-order valence-electron chi connectivity index (χ0n) is 10.00. The molecular formula is C12H17FN2OS. The molecule has 1 atom stereocenters. The Bertz CT molecular complexity index is 398. The van der Waals surface area contributed by atoms with Gasteiger partial charge in [0.1, 0.15) is 5.82 Å². The molecule has 3 nitrogen and oxygen atoms in total. The SMILES string of the molecule is CCCSC(C)C(=O)Nc1cc(N)ccc1F. The average Bonchev–Trinajstić information content (AvgIpc) is 2.30. The van der Waals surface area contributed by atoms with E-state index >= 15 is 0 Å². The second-order valence-electron chi connectivity index (χ2n) is 3.74. The Hall–Kier alpha value is -1.23. The van der Waals surface area contributed by atoms with E-state index in [-0.39, 0.29) is 16.8 Å². The minimum Gasteiger partial charge on any atom is -0.399 e. The summed E-state index contributed by atoms with van der Waals surface area (Å²) < 4.78 is 13.4. The lowest BCUT2D eigenvalue weighted by Gasteiger charge is -2.12. The number of nitrogens with one attached hydrogen (secondary N) is 1. The quantitative estimate of drug-likeness (QED) is 0.796. The van der Waals surface area contributed by atoms with Crippen molar-refractivity contribution in [1.82, 2.24) is 0 Å². The Morgan fingerprint density at radius 3 is 2.94 bits per heavy atom. The Morgan fingerprint density at radius 1 is 1.59 bits per heavy atom. The molecule has 1 amide bonds. The summed E-state index contributed by atoms with van der Waals surface area (Å²) in [4.78, 5) is 11.7. The Kier molecular flexibility index (Phi) is 5.28. The van der Waals surface area contributed by atoms with Gasteiger partial charge in [0.2, 0.25) is 5.91 Å². The highest BCUT2D eigenvalue weighted by atomic mass is 32.2. The molecular weight excluding hydrogens is 239 g/mol. The predicted octanol–water partition coefficient (Wildman–Crippen LogP) is 2.88. The Morgan fingerprint density at radius 2 is 2.29 bits per heavy atom. The van der Waals surface area contributed by atoms with Crippen LogP contribution in [0.1, 0.15) is 20.3 Å². The number of carbonyl (C=O) groups is 1. The van der Waals surface area contributed by atoms with E-state index in [0.29, 0.717) is 5.69 Å². The van der Waals surface area contributed by atoms with Crippen molar-refractivity contribution in [1.29, 1.82) is 0 Å². The molecule has 0 aliphatic heterocycles. The number of anilines is 2. The zero-order chi connectivity index (χ0) is 12.8. The van der Waals surface area contributed by atoms with Crippen LogP contribution in [0.4, 0.5) is 15.8 Å². The molecule has 0 heterocycles. The van der Waals surface area contributed by atoms with E-state index < -0.39 is 5.82 Å². The lowest BCUT2D eigenvalue weighted by atomic mass is 10.2. The van der Waals surface area contributed by atoms with Gasteiger partial charge in [-0.2, -0.15) is 0 Å². The number of thioether (sulfide) groups is 1. The number of nitrogen functional groups attached to an aromatic ring is 1. The van der Waals surface area contributed by atoms with Crippen LogP contribution < -0.4 is 11.1 Å². The van der Waals surface area contributed by atoms with Gasteiger partial charge < -0.3 is 11.1 Å². The third-order valence-corrected chi connectivity index (χ3v) is 3.55. The molecule has 94 valence electrons. The van der Waals surface area contributed by atoms with Crippen LogP contribution in [0.25, 0.3) is 0 Å². The molecule has 0 radical (unpaired) electrons. The second kappa shape index (κ2) is 6.49. The first kappa shape index (κ1) is 13.8. The number of carbonyl (C=O) groups excluding carboxylic acids is 1. The number of rotatable bonds is 5. The minimum absolute atomic E-state index is 0.138. The monoisotopic (exact) mass is 256 g/mol.